The van der Waals surface area contributed by atoms with Crippen molar-refractivity contribution in [2.24, 2.45) is 0 Å². The van der Waals surface area contributed by atoms with E-state index in [9.17, 15) is 4.79 Å². The first-order valence-electron chi connectivity index (χ1n) is 6.07. The second kappa shape index (κ2) is 6.01. The van der Waals surface area contributed by atoms with Crippen LogP contribution >= 0.6 is 0 Å². The van der Waals surface area contributed by atoms with E-state index in [0.29, 0.717) is 0 Å². The SMILES string of the molecule is O=C(O)Cc1ccc(CCc2ccccc2)cc1. The van der Waals surface area contributed by atoms with Gasteiger partial charge >= 0.3 is 5.97 Å². The molecule has 0 unspecified atom stereocenters. The Hall–Kier alpha value is -2.09. The summed E-state index contributed by atoms with van der Waals surface area (Å²) >= 11 is 0. The van der Waals surface area contributed by atoms with Gasteiger partial charge in [0.15, 0.2) is 0 Å². The number of carboxylic acids is 1. The molecule has 0 bridgehead atoms. The molecule has 0 aromatic heterocycles. The average Bonchev–Trinajstić information content (AvgIpc) is 2.38. The van der Waals surface area contributed by atoms with Crippen LogP contribution in [-0.2, 0) is 24.1 Å². The molecule has 2 nitrogen and oxygen atoms in total. The number of aliphatic carboxylic acids is 1. The molecule has 0 aliphatic rings. The van der Waals surface area contributed by atoms with Gasteiger partial charge in [0, 0.05) is 0 Å². The minimum Gasteiger partial charge on any atom is -0.481 e. The van der Waals surface area contributed by atoms with Gasteiger partial charge in [-0.05, 0) is 29.5 Å². The smallest absolute Gasteiger partial charge is 0.307 e. The normalized spacial score (nSPS) is 10.2. The largest absolute Gasteiger partial charge is 0.481 e. The quantitative estimate of drug-likeness (QED) is 0.872. The molecule has 0 fully saturated rings. The van der Waals surface area contributed by atoms with Crippen molar-refractivity contribution < 1.29 is 9.90 Å². The number of hydrogen-bond donors (Lipinski definition) is 1. The van der Waals surface area contributed by atoms with E-state index in [-0.39, 0.29) is 6.42 Å². The predicted molar refractivity (Wildman–Crippen MR) is 71.6 cm³/mol. The fourth-order valence-electron chi connectivity index (χ4n) is 1.93. The molecule has 2 rings (SSSR count). The zero-order chi connectivity index (χ0) is 12.8. The number of aryl methyl sites for hydroxylation is 2. The lowest BCUT2D eigenvalue weighted by molar-refractivity contribution is -0.136. The Kier molecular flexibility index (Phi) is 4.13. The van der Waals surface area contributed by atoms with E-state index < -0.39 is 5.97 Å². The monoisotopic (exact) mass is 240 g/mol. The Labute approximate surface area is 107 Å². The molecule has 0 saturated heterocycles. The van der Waals surface area contributed by atoms with Gasteiger partial charge in [0.05, 0.1) is 6.42 Å². The molecular formula is C16H16O2. The number of benzene rings is 2. The standard InChI is InChI=1S/C16H16O2/c17-16(18)12-15-10-8-14(9-11-15)7-6-13-4-2-1-3-5-13/h1-5,8-11H,6-7,12H2,(H,17,18). The molecule has 18 heavy (non-hydrogen) atoms. The van der Waals surface area contributed by atoms with E-state index in [4.69, 9.17) is 5.11 Å². The van der Waals surface area contributed by atoms with E-state index in [1.165, 1.54) is 11.1 Å². The summed E-state index contributed by atoms with van der Waals surface area (Å²) in [4.78, 5) is 10.6. The molecule has 0 saturated carbocycles. The van der Waals surface area contributed by atoms with E-state index in [0.717, 1.165) is 18.4 Å². The highest BCUT2D eigenvalue weighted by Crippen LogP contribution is 2.09. The molecule has 2 heteroatoms. The van der Waals surface area contributed by atoms with Crippen molar-refractivity contribution in [2.45, 2.75) is 19.3 Å². The summed E-state index contributed by atoms with van der Waals surface area (Å²) < 4.78 is 0. The summed E-state index contributed by atoms with van der Waals surface area (Å²) in [6.45, 7) is 0. The number of carboxylic acid groups (broad SMARTS) is 1. The maximum absolute atomic E-state index is 10.6. The molecular weight excluding hydrogens is 224 g/mol. The van der Waals surface area contributed by atoms with Gasteiger partial charge in [-0.25, -0.2) is 0 Å². The molecule has 0 aliphatic carbocycles. The Morgan fingerprint density at radius 3 is 1.83 bits per heavy atom. The summed E-state index contributed by atoms with van der Waals surface area (Å²) in [7, 11) is 0. The number of carbonyl (C=O) groups is 1. The van der Waals surface area contributed by atoms with Crippen LogP contribution in [0.3, 0.4) is 0 Å². The molecule has 0 radical (unpaired) electrons. The van der Waals surface area contributed by atoms with Gasteiger partial charge in [0.2, 0.25) is 0 Å². The average molecular weight is 240 g/mol. The molecule has 1 N–H and O–H groups in total. The minimum atomic E-state index is -0.785. The van der Waals surface area contributed by atoms with E-state index in [2.05, 4.69) is 12.1 Å². The third kappa shape index (κ3) is 3.74. The van der Waals surface area contributed by atoms with E-state index >= 15 is 0 Å². The Bertz CT molecular complexity index is 500. The lowest BCUT2D eigenvalue weighted by Crippen LogP contribution is -2.00. The Morgan fingerprint density at radius 1 is 0.778 bits per heavy atom. The zero-order valence-electron chi connectivity index (χ0n) is 10.2. The Balaban J connectivity index is 1.92. The van der Waals surface area contributed by atoms with Crippen LogP contribution < -0.4 is 0 Å². The first-order valence-corrected chi connectivity index (χ1v) is 6.07. The van der Waals surface area contributed by atoms with Crippen LogP contribution in [-0.4, -0.2) is 11.1 Å². The first kappa shape index (κ1) is 12.4. The highest BCUT2D eigenvalue weighted by molar-refractivity contribution is 5.70. The van der Waals surface area contributed by atoms with Crippen LogP contribution in [0.5, 0.6) is 0 Å². The van der Waals surface area contributed by atoms with Crippen LogP contribution in [0.25, 0.3) is 0 Å². The summed E-state index contributed by atoms with van der Waals surface area (Å²) in [5.41, 5.74) is 3.42. The van der Waals surface area contributed by atoms with Gasteiger partial charge in [-0.2, -0.15) is 0 Å². The van der Waals surface area contributed by atoms with E-state index in [1.54, 1.807) is 0 Å². The van der Waals surface area contributed by atoms with Crippen LogP contribution in [0.4, 0.5) is 0 Å². The summed E-state index contributed by atoms with van der Waals surface area (Å²) in [6, 6.07) is 18.2. The van der Waals surface area contributed by atoms with Gasteiger partial charge in [-0.15, -0.1) is 0 Å². The van der Waals surface area contributed by atoms with Gasteiger partial charge in [-0.1, -0.05) is 54.6 Å². The molecule has 0 heterocycles. The minimum absolute atomic E-state index is 0.0962. The van der Waals surface area contributed by atoms with Crippen molar-refractivity contribution in [1.29, 1.82) is 0 Å². The van der Waals surface area contributed by atoms with Crippen LogP contribution in [0.2, 0.25) is 0 Å². The van der Waals surface area contributed by atoms with Crippen molar-refractivity contribution in [3.63, 3.8) is 0 Å². The summed E-state index contributed by atoms with van der Waals surface area (Å²) in [5.74, 6) is -0.785. The van der Waals surface area contributed by atoms with Gasteiger partial charge in [0.1, 0.15) is 0 Å². The van der Waals surface area contributed by atoms with Crippen molar-refractivity contribution in [2.75, 3.05) is 0 Å². The number of rotatable bonds is 5. The highest BCUT2D eigenvalue weighted by Gasteiger charge is 2.00. The molecule has 0 spiro atoms. The van der Waals surface area contributed by atoms with Crippen molar-refractivity contribution >= 4 is 5.97 Å². The first-order chi connectivity index (χ1) is 8.74. The third-order valence-corrected chi connectivity index (χ3v) is 2.92. The molecule has 2 aromatic carbocycles. The maximum atomic E-state index is 10.6. The molecule has 0 atom stereocenters. The lowest BCUT2D eigenvalue weighted by Gasteiger charge is -2.03. The second-order valence-electron chi connectivity index (χ2n) is 4.37. The highest BCUT2D eigenvalue weighted by atomic mass is 16.4. The maximum Gasteiger partial charge on any atom is 0.307 e. The fourth-order valence-corrected chi connectivity index (χ4v) is 1.93. The predicted octanol–water partition coefficient (Wildman–Crippen LogP) is 3.10. The summed E-state index contributed by atoms with van der Waals surface area (Å²) in [6.07, 6.45) is 2.09. The zero-order valence-corrected chi connectivity index (χ0v) is 10.2. The van der Waals surface area contributed by atoms with Crippen LogP contribution in [0.1, 0.15) is 16.7 Å². The van der Waals surface area contributed by atoms with Crippen LogP contribution in [0.15, 0.2) is 54.6 Å². The van der Waals surface area contributed by atoms with Gasteiger partial charge in [-0.3, -0.25) is 4.79 Å². The third-order valence-electron chi connectivity index (χ3n) is 2.92. The Morgan fingerprint density at radius 2 is 1.28 bits per heavy atom. The fraction of sp³-hybridized carbons (Fsp3) is 0.188. The van der Waals surface area contributed by atoms with Gasteiger partial charge < -0.3 is 5.11 Å². The molecule has 0 aliphatic heterocycles. The number of hydrogen-bond acceptors (Lipinski definition) is 1. The van der Waals surface area contributed by atoms with E-state index in [1.807, 2.05) is 42.5 Å². The van der Waals surface area contributed by atoms with Crippen molar-refractivity contribution in [3.05, 3.63) is 71.3 Å². The lowest BCUT2D eigenvalue weighted by atomic mass is 10.0. The summed E-state index contributed by atoms with van der Waals surface area (Å²) in [5, 5.41) is 8.69. The second-order valence-corrected chi connectivity index (χ2v) is 4.37. The molecule has 2 aromatic rings. The van der Waals surface area contributed by atoms with Crippen molar-refractivity contribution in [1.82, 2.24) is 0 Å². The molecule has 0 amide bonds. The van der Waals surface area contributed by atoms with Gasteiger partial charge in [0.25, 0.3) is 0 Å². The topological polar surface area (TPSA) is 37.3 Å². The van der Waals surface area contributed by atoms with Crippen LogP contribution in [0, 0.1) is 0 Å². The molecule has 92 valence electrons. The van der Waals surface area contributed by atoms with Crippen molar-refractivity contribution in [3.8, 4) is 0 Å².